The van der Waals surface area contributed by atoms with E-state index in [9.17, 15) is 9.59 Å². The summed E-state index contributed by atoms with van der Waals surface area (Å²) in [5.41, 5.74) is -0.717. The Morgan fingerprint density at radius 2 is 1.60 bits per heavy atom. The molecule has 0 aliphatic carbocycles. The highest BCUT2D eigenvalue weighted by Crippen LogP contribution is 2.31. The molecule has 1 saturated heterocycles. The Morgan fingerprint density at radius 3 is 1.95 bits per heavy atom. The zero-order valence-corrected chi connectivity index (χ0v) is 14.0. The molecule has 4 nitrogen and oxygen atoms in total. The van der Waals surface area contributed by atoms with E-state index in [1.807, 2.05) is 39.5 Å². The monoisotopic (exact) mass is 282 g/mol. The highest BCUT2D eigenvalue weighted by atomic mass is 16.2. The van der Waals surface area contributed by atoms with E-state index in [-0.39, 0.29) is 29.8 Å². The first-order valence-corrected chi connectivity index (χ1v) is 7.86. The second-order valence-electron chi connectivity index (χ2n) is 6.66. The van der Waals surface area contributed by atoms with Gasteiger partial charge >= 0.3 is 0 Å². The van der Waals surface area contributed by atoms with Crippen LogP contribution >= 0.6 is 0 Å². The fourth-order valence-electron chi connectivity index (χ4n) is 2.98. The van der Waals surface area contributed by atoms with Gasteiger partial charge in [0.15, 0.2) is 0 Å². The highest BCUT2D eigenvalue weighted by Gasteiger charge is 2.51. The zero-order chi connectivity index (χ0) is 15.7. The average molecular weight is 282 g/mol. The van der Waals surface area contributed by atoms with E-state index in [1.54, 1.807) is 0 Å². The maximum absolute atomic E-state index is 13.0. The minimum absolute atomic E-state index is 0.00389. The quantitative estimate of drug-likeness (QED) is 0.842. The van der Waals surface area contributed by atoms with Crippen LogP contribution in [0.5, 0.6) is 0 Å². The molecule has 0 aromatic rings. The van der Waals surface area contributed by atoms with Crippen LogP contribution in [0.4, 0.5) is 0 Å². The summed E-state index contributed by atoms with van der Waals surface area (Å²) in [5.74, 6) is 0.530. The second kappa shape index (κ2) is 6.15. The number of hydrogen-bond donors (Lipinski definition) is 1. The first-order valence-electron chi connectivity index (χ1n) is 7.86. The lowest BCUT2D eigenvalue weighted by atomic mass is 9.83. The molecule has 1 aliphatic heterocycles. The molecule has 2 amide bonds. The molecule has 0 aromatic heterocycles. The number of hydrogen-bond acceptors (Lipinski definition) is 2. The lowest BCUT2D eigenvalue weighted by Gasteiger charge is -2.50. The first-order chi connectivity index (χ1) is 9.21. The van der Waals surface area contributed by atoms with Gasteiger partial charge in [-0.25, -0.2) is 0 Å². The molecule has 1 N–H and O–H groups in total. The Hall–Kier alpha value is -1.06. The normalized spacial score (nSPS) is 24.2. The van der Waals surface area contributed by atoms with Gasteiger partial charge in [-0.1, -0.05) is 41.5 Å². The number of piperazine rings is 1. The van der Waals surface area contributed by atoms with Gasteiger partial charge in [-0.3, -0.25) is 9.59 Å². The summed E-state index contributed by atoms with van der Waals surface area (Å²) in [6.45, 7) is 14.2. The molecular weight excluding hydrogens is 252 g/mol. The van der Waals surface area contributed by atoms with Crippen molar-refractivity contribution in [3.8, 4) is 0 Å². The van der Waals surface area contributed by atoms with Crippen LogP contribution in [0.2, 0.25) is 0 Å². The molecule has 0 radical (unpaired) electrons. The largest absolute Gasteiger partial charge is 0.340 e. The fourth-order valence-corrected chi connectivity index (χ4v) is 2.98. The van der Waals surface area contributed by atoms with Gasteiger partial charge in [0.1, 0.15) is 11.6 Å². The van der Waals surface area contributed by atoms with Gasteiger partial charge in [0.05, 0.1) is 0 Å². The SMILES string of the molecule is CCC1(CC)NC(=O)C(C(C)C)N(C(C)C(C)C)C1=O. The maximum Gasteiger partial charge on any atom is 0.249 e. The van der Waals surface area contributed by atoms with E-state index in [1.165, 1.54) is 0 Å². The summed E-state index contributed by atoms with van der Waals surface area (Å²) in [5, 5.41) is 3.00. The number of nitrogens with zero attached hydrogens (tertiary/aromatic N) is 1. The summed E-state index contributed by atoms with van der Waals surface area (Å²) < 4.78 is 0. The molecule has 116 valence electrons. The van der Waals surface area contributed by atoms with Crippen molar-refractivity contribution in [2.75, 3.05) is 0 Å². The Kier molecular flexibility index (Phi) is 5.22. The second-order valence-corrected chi connectivity index (χ2v) is 6.66. The molecule has 2 unspecified atom stereocenters. The van der Waals surface area contributed by atoms with Gasteiger partial charge in [0, 0.05) is 6.04 Å². The van der Waals surface area contributed by atoms with Crippen molar-refractivity contribution in [3.05, 3.63) is 0 Å². The molecule has 0 aromatic carbocycles. The highest BCUT2D eigenvalue weighted by molar-refractivity contribution is 6.00. The van der Waals surface area contributed by atoms with Gasteiger partial charge in [-0.15, -0.1) is 0 Å². The topological polar surface area (TPSA) is 49.4 Å². The van der Waals surface area contributed by atoms with E-state index < -0.39 is 5.54 Å². The van der Waals surface area contributed by atoms with Crippen molar-refractivity contribution in [2.24, 2.45) is 11.8 Å². The first kappa shape index (κ1) is 17.0. The molecule has 4 heteroatoms. The fraction of sp³-hybridized carbons (Fsp3) is 0.875. The number of carbonyl (C=O) groups excluding carboxylic acids is 2. The Labute approximate surface area is 123 Å². The molecule has 0 bridgehead atoms. The van der Waals surface area contributed by atoms with Gasteiger partial charge in [0.2, 0.25) is 11.8 Å². The number of amides is 2. The van der Waals surface area contributed by atoms with Crippen molar-refractivity contribution in [1.82, 2.24) is 10.2 Å². The van der Waals surface area contributed by atoms with Crippen LogP contribution in [0, 0.1) is 11.8 Å². The summed E-state index contributed by atoms with van der Waals surface area (Å²) in [4.78, 5) is 27.4. The van der Waals surface area contributed by atoms with Crippen molar-refractivity contribution in [1.29, 1.82) is 0 Å². The third-order valence-electron chi connectivity index (χ3n) is 4.82. The Bertz CT molecular complexity index is 373. The van der Waals surface area contributed by atoms with Crippen LogP contribution in [-0.4, -0.2) is 34.3 Å². The standard InChI is InChI=1S/C16H30N2O2/c1-8-16(9-2)15(20)18(12(7)10(3)4)13(11(5)6)14(19)17-16/h10-13H,8-9H2,1-7H3,(H,17,19). The number of rotatable bonds is 5. The van der Waals surface area contributed by atoms with Crippen molar-refractivity contribution >= 4 is 11.8 Å². The van der Waals surface area contributed by atoms with Crippen molar-refractivity contribution < 1.29 is 9.59 Å². The number of carbonyl (C=O) groups is 2. The molecular formula is C16H30N2O2. The van der Waals surface area contributed by atoms with Crippen LogP contribution in [-0.2, 0) is 9.59 Å². The molecule has 1 aliphatic rings. The maximum atomic E-state index is 13.0. The average Bonchev–Trinajstić information content (AvgIpc) is 2.39. The van der Waals surface area contributed by atoms with Gasteiger partial charge in [0.25, 0.3) is 0 Å². The van der Waals surface area contributed by atoms with Crippen molar-refractivity contribution in [2.45, 2.75) is 78.9 Å². The Balaban J connectivity index is 3.28. The van der Waals surface area contributed by atoms with Gasteiger partial charge < -0.3 is 10.2 Å². The molecule has 1 rings (SSSR count). The van der Waals surface area contributed by atoms with Crippen LogP contribution < -0.4 is 5.32 Å². The van der Waals surface area contributed by atoms with E-state index >= 15 is 0 Å². The lowest BCUT2D eigenvalue weighted by molar-refractivity contribution is -0.161. The van der Waals surface area contributed by atoms with Crippen LogP contribution in [0.25, 0.3) is 0 Å². The third-order valence-corrected chi connectivity index (χ3v) is 4.82. The number of nitrogens with one attached hydrogen (secondary N) is 1. The molecule has 20 heavy (non-hydrogen) atoms. The molecule has 0 spiro atoms. The van der Waals surface area contributed by atoms with Gasteiger partial charge in [-0.2, -0.15) is 0 Å². The van der Waals surface area contributed by atoms with E-state index in [4.69, 9.17) is 0 Å². The smallest absolute Gasteiger partial charge is 0.249 e. The van der Waals surface area contributed by atoms with E-state index in [0.717, 1.165) is 0 Å². The molecule has 1 fully saturated rings. The minimum Gasteiger partial charge on any atom is -0.340 e. The third kappa shape index (κ3) is 2.70. The summed E-state index contributed by atoms with van der Waals surface area (Å²) in [7, 11) is 0. The summed E-state index contributed by atoms with van der Waals surface area (Å²) in [6.07, 6.45) is 1.28. The van der Waals surface area contributed by atoms with Crippen molar-refractivity contribution in [3.63, 3.8) is 0 Å². The van der Waals surface area contributed by atoms with Crippen LogP contribution in [0.3, 0.4) is 0 Å². The summed E-state index contributed by atoms with van der Waals surface area (Å²) in [6, 6.07) is -0.287. The lowest BCUT2D eigenvalue weighted by Crippen LogP contribution is -2.72. The summed E-state index contributed by atoms with van der Waals surface area (Å²) >= 11 is 0. The van der Waals surface area contributed by atoms with E-state index in [0.29, 0.717) is 18.8 Å². The van der Waals surface area contributed by atoms with Crippen LogP contribution in [0.15, 0.2) is 0 Å². The predicted molar refractivity (Wildman–Crippen MR) is 81.2 cm³/mol. The molecule has 2 atom stereocenters. The minimum atomic E-state index is -0.717. The van der Waals surface area contributed by atoms with Crippen LogP contribution in [0.1, 0.15) is 61.3 Å². The molecule has 1 heterocycles. The van der Waals surface area contributed by atoms with E-state index in [2.05, 4.69) is 19.2 Å². The molecule has 0 saturated carbocycles. The van der Waals surface area contributed by atoms with Gasteiger partial charge in [-0.05, 0) is 31.6 Å². The predicted octanol–water partition coefficient (Wildman–Crippen LogP) is 2.57. The Morgan fingerprint density at radius 1 is 1.10 bits per heavy atom. The zero-order valence-electron chi connectivity index (χ0n) is 14.0.